The Kier molecular flexibility index (Phi) is 5.05. The van der Waals surface area contributed by atoms with Crippen LogP contribution in [0.15, 0.2) is 0 Å². The van der Waals surface area contributed by atoms with Gasteiger partial charge in [-0.25, -0.2) is 0 Å². The van der Waals surface area contributed by atoms with Crippen molar-refractivity contribution < 1.29 is 9.53 Å². The van der Waals surface area contributed by atoms with Gasteiger partial charge in [0.1, 0.15) is 0 Å². The van der Waals surface area contributed by atoms with Crippen LogP contribution < -0.4 is 10.6 Å². The molecule has 1 fully saturated rings. The van der Waals surface area contributed by atoms with E-state index in [0.717, 1.165) is 19.4 Å². The van der Waals surface area contributed by atoms with Crippen LogP contribution in [0.2, 0.25) is 0 Å². The van der Waals surface area contributed by atoms with Gasteiger partial charge in [0.25, 0.3) is 0 Å². The summed E-state index contributed by atoms with van der Waals surface area (Å²) in [7, 11) is 0. The Morgan fingerprint density at radius 3 is 2.73 bits per heavy atom. The van der Waals surface area contributed by atoms with Crippen molar-refractivity contribution in [2.75, 3.05) is 13.2 Å². The molecule has 0 bridgehead atoms. The Hall–Kier alpha value is -0.610. The molecule has 15 heavy (non-hydrogen) atoms. The molecule has 0 aromatic rings. The highest BCUT2D eigenvalue weighted by Crippen LogP contribution is 2.15. The molecule has 4 nitrogen and oxygen atoms in total. The molecule has 1 saturated heterocycles. The second-order valence-corrected chi connectivity index (χ2v) is 4.44. The van der Waals surface area contributed by atoms with Gasteiger partial charge in [0, 0.05) is 12.6 Å². The van der Waals surface area contributed by atoms with E-state index in [1.165, 1.54) is 0 Å². The molecule has 1 heterocycles. The van der Waals surface area contributed by atoms with E-state index < -0.39 is 0 Å². The third-order valence-electron chi connectivity index (χ3n) is 2.58. The van der Waals surface area contributed by atoms with E-state index >= 15 is 0 Å². The monoisotopic (exact) mass is 214 g/mol. The summed E-state index contributed by atoms with van der Waals surface area (Å²) in [4.78, 5) is 11.5. The first-order valence-corrected chi connectivity index (χ1v) is 5.74. The topological polar surface area (TPSA) is 50.4 Å². The van der Waals surface area contributed by atoms with Crippen LogP contribution in [-0.4, -0.2) is 37.2 Å². The van der Waals surface area contributed by atoms with E-state index in [1.54, 1.807) is 0 Å². The fraction of sp³-hybridized carbons (Fsp3) is 0.909. The fourth-order valence-electron chi connectivity index (χ4n) is 1.69. The summed E-state index contributed by atoms with van der Waals surface area (Å²) in [6, 6.07) is 0.461. The largest absolute Gasteiger partial charge is 0.376 e. The highest BCUT2D eigenvalue weighted by molar-refractivity contribution is 5.78. The van der Waals surface area contributed by atoms with Crippen molar-refractivity contribution in [2.45, 2.75) is 51.8 Å². The van der Waals surface area contributed by atoms with Crippen molar-refractivity contribution in [3.63, 3.8) is 0 Å². The fourth-order valence-corrected chi connectivity index (χ4v) is 1.69. The first kappa shape index (κ1) is 12.5. The van der Waals surface area contributed by atoms with Gasteiger partial charge in [-0.3, -0.25) is 4.79 Å². The number of hydrogen-bond donors (Lipinski definition) is 2. The van der Waals surface area contributed by atoms with Gasteiger partial charge in [0.15, 0.2) is 0 Å². The Morgan fingerprint density at radius 1 is 1.47 bits per heavy atom. The number of ether oxygens (including phenoxy) is 1. The molecule has 88 valence electrons. The van der Waals surface area contributed by atoms with Gasteiger partial charge in [-0.15, -0.1) is 0 Å². The zero-order valence-electron chi connectivity index (χ0n) is 9.88. The van der Waals surface area contributed by atoms with E-state index in [1.807, 2.05) is 20.8 Å². The molecule has 2 atom stereocenters. The highest BCUT2D eigenvalue weighted by atomic mass is 16.5. The van der Waals surface area contributed by atoms with E-state index in [2.05, 4.69) is 10.6 Å². The molecule has 0 saturated carbocycles. The first-order valence-electron chi connectivity index (χ1n) is 5.74. The molecule has 0 radical (unpaired) electrons. The zero-order valence-corrected chi connectivity index (χ0v) is 9.88. The minimum absolute atomic E-state index is 0.0479. The maximum absolute atomic E-state index is 11.5. The van der Waals surface area contributed by atoms with Gasteiger partial charge in [-0.1, -0.05) is 13.8 Å². The van der Waals surface area contributed by atoms with Crippen molar-refractivity contribution in [3.8, 4) is 0 Å². The molecule has 0 aromatic heterocycles. The minimum atomic E-state index is 0.0479. The Morgan fingerprint density at radius 2 is 2.20 bits per heavy atom. The van der Waals surface area contributed by atoms with Gasteiger partial charge < -0.3 is 15.4 Å². The van der Waals surface area contributed by atoms with Crippen LogP contribution in [0.3, 0.4) is 0 Å². The predicted molar refractivity (Wildman–Crippen MR) is 59.7 cm³/mol. The Balaban J connectivity index is 2.18. The van der Waals surface area contributed by atoms with Gasteiger partial charge in [-0.2, -0.15) is 0 Å². The second-order valence-electron chi connectivity index (χ2n) is 4.44. The Labute approximate surface area is 91.8 Å². The van der Waals surface area contributed by atoms with E-state index in [9.17, 15) is 4.79 Å². The van der Waals surface area contributed by atoms with Crippen LogP contribution in [0, 0.1) is 0 Å². The summed E-state index contributed by atoms with van der Waals surface area (Å²) in [5, 5.41) is 6.04. The summed E-state index contributed by atoms with van der Waals surface area (Å²) in [6.07, 6.45) is 2.36. The van der Waals surface area contributed by atoms with Gasteiger partial charge >= 0.3 is 0 Å². The van der Waals surface area contributed by atoms with Gasteiger partial charge in [-0.05, 0) is 19.8 Å². The van der Waals surface area contributed by atoms with Gasteiger partial charge in [0.2, 0.25) is 5.91 Å². The lowest BCUT2D eigenvalue weighted by molar-refractivity contribution is -0.121. The lowest BCUT2D eigenvalue weighted by Crippen LogP contribution is -2.45. The van der Waals surface area contributed by atoms with Crippen LogP contribution in [0.4, 0.5) is 0 Å². The van der Waals surface area contributed by atoms with Gasteiger partial charge in [0.05, 0.1) is 18.7 Å². The van der Waals surface area contributed by atoms with Crippen LogP contribution in [0.25, 0.3) is 0 Å². The standard InChI is InChI=1S/C11H22N2O2/c1-8(2)12-7-11(14)13-9(3)10-5-4-6-15-10/h8-10,12H,4-7H2,1-3H3,(H,13,14). The molecule has 4 heteroatoms. The summed E-state index contributed by atoms with van der Waals surface area (Å²) in [6.45, 7) is 7.26. The average molecular weight is 214 g/mol. The first-order chi connectivity index (χ1) is 7.09. The molecule has 1 amide bonds. The molecule has 1 rings (SSSR count). The molecule has 2 unspecified atom stereocenters. The average Bonchev–Trinajstić information content (AvgIpc) is 2.67. The molecular formula is C11H22N2O2. The van der Waals surface area contributed by atoms with E-state index in [0.29, 0.717) is 12.6 Å². The molecule has 0 spiro atoms. The number of rotatable bonds is 5. The highest BCUT2D eigenvalue weighted by Gasteiger charge is 2.23. The molecule has 0 aromatic carbocycles. The van der Waals surface area contributed by atoms with Crippen molar-refractivity contribution in [1.29, 1.82) is 0 Å². The lowest BCUT2D eigenvalue weighted by Gasteiger charge is -2.20. The quantitative estimate of drug-likeness (QED) is 0.707. The van der Waals surface area contributed by atoms with Crippen molar-refractivity contribution in [1.82, 2.24) is 10.6 Å². The molecular weight excluding hydrogens is 192 g/mol. The molecule has 2 N–H and O–H groups in total. The maximum atomic E-state index is 11.5. The van der Waals surface area contributed by atoms with E-state index in [-0.39, 0.29) is 18.1 Å². The summed E-state index contributed by atoms with van der Waals surface area (Å²) in [5.74, 6) is 0.0479. The molecule has 0 aliphatic carbocycles. The smallest absolute Gasteiger partial charge is 0.234 e. The minimum Gasteiger partial charge on any atom is -0.376 e. The number of hydrogen-bond acceptors (Lipinski definition) is 3. The SMILES string of the molecule is CC(C)NCC(=O)NC(C)C1CCCO1. The number of amides is 1. The normalized spacial score (nSPS) is 23.1. The van der Waals surface area contributed by atoms with Crippen molar-refractivity contribution >= 4 is 5.91 Å². The lowest BCUT2D eigenvalue weighted by atomic mass is 10.1. The predicted octanol–water partition coefficient (Wildman–Crippen LogP) is 0.668. The number of carbonyl (C=O) groups excluding carboxylic acids is 1. The second kappa shape index (κ2) is 6.08. The number of nitrogens with one attached hydrogen (secondary N) is 2. The summed E-state index contributed by atoms with van der Waals surface area (Å²) < 4.78 is 5.51. The molecule has 1 aliphatic heterocycles. The van der Waals surface area contributed by atoms with Crippen LogP contribution >= 0.6 is 0 Å². The third-order valence-corrected chi connectivity index (χ3v) is 2.58. The van der Waals surface area contributed by atoms with Crippen LogP contribution in [-0.2, 0) is 9.53 Å². The summed E-state index contributed by atoms with van der Waals surface area (Å²) in [5.41, 5.74) is 0. The third kappa shape index (κ3) is 4.62. The summed E-state index contributed by atoms with van der Waals surface area (Å²) >= 11 is 0. The molecule has 1 aliphatic rings. The van der Waals surface area contributed by atoms with Crippen molar-refractivity contribution in [3.05, 3.63) is 0 Å². The number of carbonyl (C=O) groups is 1. The Bertz CT molecular complexity index is 201. The van der Waals surface area contributed by atoms with Crippen LogP contribution in [0.5, 0.6) is 0 Å². The van der Waals surface area contributed by atoms with Crippen LogP contribution in [0.1, 0.15) is 33.6 Å². The van der Waals surface area contributed by atoms with Crippen molar-refractivity contribution in [2.24, 2.45) is 0 Å². The van der Waals surface area contributed by atoms with E-state index in [4.69, 9.17) is 4.74 Å². The maximum Gasteiger partial charge on any atom is 0.234 e. The zero-order chi connectivity index (χ0) is 11.3.